The van der Waals surface area contributed by atoms with Crippen molar-refractivity contribution in [3.63, 3.8) is 0 Å². The van der Waals surface area contributed by atoms with Crippen molar-refractivity contribution in [3.05, 3.63) is 115 Å². The Morgan fingerprint density at radius 3 is 1.55 bits per heavy atom. The fourth-order valence-electron chi connectivity index (χ4n) is 3.56. The van der Waals surface area contributed by atoms with Gasteiger partial charge in [0.1, 0.15) is 11.6 Å². The molecule has 0 saturated carbocycles. The zero-order valence-corrected chi connectivity index (χ0v) is 16.4. The number of benzene rings is 4. The molecule has 31 heavy (non-hydrogen) atoms. The topological polar surface area (TPSA) is 30.7 Å². The van der Waals surface area contributed by atoms with Crippen LogP contribution in [0.25, 0.3) is 39.6 Å². The number of rotatable bonds is 4. The Morgan fingerprint density at radius 2 is 1.00 bits per heavy atom. The van der Waals surface area contributed by atoms with Gasteiger partial charge in [0, 0.05) is 16.8 Å². The average molecular weight is 409 g/mol. The Labute approximate surface area is 178 Å². The highest BCUT2D eigenvalue weighted by Crippen LogP contribution is 2.31. The predicted molar refractivity (Wildman–Crippen MR) is 118 cm³/mol. The molecular formula is C26H17F2N3. The van der Waals surface area contributed by atoms with Crippen molar-refractivity contribution in [2.75, 3.05) is 0 Å². The van der Waals surface area contributed by atoms with E-state index in [0.29, 0.717) is 11.6 Å². The molecule has 0 aliphatic carbocycles. The van der Waals surface area contributed by atoms with Gasteiger partial charge in [0.15, 0.2) is 11.6 Å². The van der Waals surface area contributed by atoms with Crippen molar-refractivity contribution in [2.45, 2.75) is 0 Å². The molecule has 1 aromatic heterocycles. The van der Waals surface area contributed by atoms with E-state index in [1.807, 2.05) is 53.1 Å². The summed E-state index contributed by atoms with van der Waals surface area (Å²) in [5.41, 5.74) is 4.44. The summed E-state index contributed by atoms with van der Waals surface area (Å²) in [5.74, 6) is 0.508. The molecule has 5 aromatic rings. The number of halogens is 2. The van der Waals surface area contributed by atoms with E-state index in [2.05, 4.69) is 16.3 Å². The van der Waals surface area contributed by atoms with Crippen molar-refractivity contribution in [2.24, 2.45) is 0 Å². The van der Waals surface area contributed by atoms with Gasteiger partial charge in [-0.25, -0.2) is 8.78 Å². The molecule has 0 spiro atoms. The Kier molecular flexibility index (Phi) is 4.84. The van der Waals surface area contributed by atoms with Crippen LogP contribution in [-0.2, 0) is 0 Å². The molecule has 0 N–H and O–H groups in total. The molecule has 0 amide bonds. The minimum Gasteiger partial charge on any atom is -0.275 e. The summed E-state index contributed by atoms with van der Waals surface area (Å²) in [7, 11) is 0. The van der Waals surface area contributed by atoms with Gasteiger partial charge in [0.05, 0.1) is 0 Å². The van der Waals surface area contributed by atoms with Gasteiger partial charge < -0.3 is 0 Å². The maximum atomic E-state index is 13.5. The molecule has 0 fully saturated rings. The van der Waals surface area contributed by atoms with Gasteiger partial charge in [-0.15, -0.1) is 10.2 Å². The lowest BCUT2D eigenvalue weighted by atomic mass is 10.0. The molecule has 0 radical (unpaired) electrons. The van der Waals surface area contributed by atoms with E-state index in [1.54, 1.807) is 24.3 Å². The zero-order valence-electron chi connectivity index (χ0n) is 16.4. The largest absolute Gasteiger partial charge is 0.275 e. The van der Waals surface area contributed by atoms with Gasteiger partial charge in [-0.3, -0.25) is 4.57 Å². The first-order chi connectivity index (χ1) is 15.2. The first-order valence-corrected chi connectivity index (χ1v) is 9.82. The van der Waals surface area contributed by atoms with Gasteiger partial charge in [0.2, 0.25) is 0 Å². The lowest BCUT2D eigenvalue weighted by Gasteiger charge is -2.13. The summed E-state index contributed by atoms with van der Waals surface area (Å²) < 4.78 is 28.9. The molecule has 1 heterocycles. The Hall–Kier alpha value is -4.12. The number of nitrogens with zero attached hydrogens (tertiary/aromatic N) is 3. The van der Waals surface area contributed by atoms with E-state index in [1.165, 1.54) is 24.3 Å². The van der Waals surface area contributed by atoms with Crippen molar-refractivity contribution in [1.82, 2.24) is 14.8 Å². The zero-order chi connectivity index (χ0) is 21.2. The van der Waals surface area contributed by atoms with Crippen LogP contribution in [-0.4, -0.2) is 14.8 Å². The molecule has 3 nitrogen and oxygen atoms in total. The second-order valence-electron chi connectivity index (χ2n) is 7.11. The van der Waals surface area contributed by atoms with Gasteiger partial charge in [-0.05, 0) is 71.8 Å². The van der Waals surface area contributed by atoms with Gasteiger partial charge in [0.25, 0.3) is 0 Å². The number of hydrogen-bond donors (Lipinski definition) is 0. The van der Waals surface area contributed by atoms with Crippen molar-refractivity contribution < 1.29 is 8.78 Å². The van der Waals surface area contributed by atoms with E-state index in [9.17, 15) is 8.78 Å². The fourth-order valence-corrected chi connectivity index (χ4v) is 3.56. The van der Waals surface area contributed by atoms with Crippen molar-refractivity contribution in [1.29, 1.82) is 0 Å². The highest BCUT2D eigenvalue weighted by Gasteiger charge is 2.18. The van der Waals surface area contributed by atoms with E-state index in [0.717, 1.165) is 27.9 Å². The third kappa shape index (κ3) is 3.73. The molecule has 4 aromatic carbocycles. The quantitative estimate of drug-likeness (QED) is 0.337. The maximum absolute atomic E-state index is 13.5. The summed E-state index contributed by atoms with van der Waals surface area (Å²) >= 11 is 0. The standard InChI is InChI=1S/C26H17F2N3/c27-22-13-9-19(10-14-22)25-29-30-26(20-11-15-23(28)16-12-20)31(25)24-8-4-7-21(17-24)18-5-2-1-3-6-18/h1-17H. The van der Waals surface area contributed by atoms with Crippen LogP contribution in [0.15, 0.2) is 103 Å². The van der Waals surface area contributed by atoms with Crippen LogP contribution < -0.4 is 0 Å². The SMILES string of the molecule is Fc1ccc(-c2nnc(-c3ccc(F)cc3)n2-c2cccc(-c3ccccc3)c2)cc1. The van der Waals surface area contributed by atoms with Gasteiger partial charge in [-0.1, -0.05) is 42.5 Å². The Bertz CT molecular complexity index is 1260. The monoisotopic (exact) mass is 409 g/mol. The first kappa shape index (κ1) is 18.9. The van der Waals surface area contributed by atoms with E-state index in [-0.39, 0.29) is 11.6 Å². The fraction of sp³-hybridized carbons (Fsp3) is 0. The van der Waals surface area contributed by atoms with Crippen molar-refractivity contribution in [3.8, 4) is 39.6 Å². The minimum atomic E-state index is -0.320. The summed E-state index contributed by atoms with van der Waals surface area (Å²) in [6.45, 7) is 0. The molecule has 150 valence electrons. The molecular weight excluding hydrogens is 392 g/mol. The van der Waals surface area contributed by atoms with Gasteiger partial charge in [-0.2, -0.15) is 0 Å². The Balaban J connectivity index is 1.71. The Morgan fingerprint density at radius 1 is 0.484 bits per heavy atom. The lowest BCUT2D eigenvalue weighted by molar-refractivity contribution is 0.627. The number of aromatic nitrogens is 3. The summed E-state index contributed by atoms with van der Waals surface area (Å²) in [4.78, 5) is 0. The summed E-state index contributed by atoms with van der Waals surface area (Å²) in [6, 6.07) is 30.4. The predicted octanol–water partition coefficient (Wildman–Crippen LogP) is 6.55. The van der Waals surface area contributed by atoms with E-state index < -0.39 is 0 Å². The maximum Gasteiger partial charge on any atom is 0.168 e. The second kappa shape index (κ2) is 7.95. The number of hydrogen-bond acceptors (Lipinski definition) is 2. The molecule has 5 heteroatoms. The van der Waals surface area contributed by atoms with E-state index >= 15 is 0 Å². The molecule has 0 unspecified atom stereocenters. The first-order valence-electron chi connectivity index (χ1n) is 9.82. The molecule has 0 bridgehead atoms. The highest BCUT2D eigenvalue weighted by atomic mass is 19.1. The summed E-state index contributed by atoms with van der Waals surface area (Å²) in [6.07, 6.45) is 0. The smallest absolute Gasteiger partial charge is 0.168 e. The van der Waals surface area contributed by atoms with Crippen LogP contribution in [0.3, 0.4) is 0 Å². The van der Waals surface area contributed by atoms with Crippen LogP contribution in [0.2, 0.25) is 0 Å². The third-order valence-electron chi connectivity index (χ3n) is 5.08. The second-order valence-corrected chi connectivity index (χ2v) is 7.11. The van der Waals surface area contributed by atoms with Crippen LogP contribution >= 0.6 is 0 Å². The van der Waals surface area contributed by atoms with Gasteiger partial charge >= 0.3 is 0 Å². The minimum absolute atomic E-state index is 0.320. The average Bonchev–Trinajstić information content (AvgIpc) is 3.26. The molecule has 0 saturated heterocycles. The highest BCUT2D eigenvalue weighted by molar-refractivity contribution is 5.70. The van der Waals surface area contributed by atoms with Crippen molar-refractivity contribution >= 4 is 0 Å². The lowest BCUT2D eigenvalue weighted by Crippen LogP contribution is -2.01. The van der Waals surface area contributed by atoms with Crippen LogP contribution in [0.1, 0.15) is 0 Å². The molecule has 0 atom stereocenters. The van der Waals surface area contributed by atoms with Crippen LogP contribution in [0, 0.1) is 11.6 Å². The van der Waals surface area contributed by atoms with E-state index in [4.69, 9.17) is 0 Å². The third-order valence-corrected chi connectivity index (χ3v) is 5.08. The molecule has 0 aliphatic heterocycles. The normalized spacial score (nSPS) is 10.9. The molecule has 5 rings (SSSR count). The molecule has 0 aliphatic rings. The van der Waals surface area contributed by atoms with Crippen LogP contribution in [0.5, 0.6) is 0 Å². The van der Waals surface area contributed by atoms with Crippen LogP contribution in [0.4, 0.5) is 8.78 Å². The summed E-state index contributed by atoms with van der Waals surface area (Å²) in [5, 5.41) is 8.78.